The standard InChI is InChI=1S/C7H7N3O/c1-5-6-3-2-4-10(11)7(6)9-8-5/h2-4H,1H3,(H,8,9). The molecule has 0 radical (unpaired) electrons. The smallest absolute Gasteiger partial charge is 0.312 e. The molecule has 56 valence electrons. The maximum atomic E-state index is 11.0. The van der Waals surface area contributed by atoms with Crippen LogP contribution >= 0.6 is 0 Å². The number of H-pyrrole nitrogens is 1. The van der Waals surface area contributed by atoms with Crippen molar-refractivity contribution in [3.8, 4) is 0 Å². The Morgan fingerprint density at radius 2 is 2.45 bits per heavy atom. The summed E-state index contributed by atoms with van der Waals surface area (Å²) in [4.78, 5) is 0. The van der Waals surface area contributed by atoms with E-state index in [0.29, 0.717) is 5.65 Å². The number of hydrogen-bond donors (Lipinski definition) is 1. The molecule has 0 bridgehead atoms. The van der Waals surface area contributed by atoms with Crippen molar-refractivity contribution in [3.05, 3.63) is 29.2 Å². The first-order valence-corrected chi connectivity index (χ1v) is 3.32. The van der Waals surface area contributed by atoms with Gasteiger partial charge in [0, 0.05) is 0 Å². The molecule has 1 N–H and O–H groups in total. The van der Waals surface area contributed by atoms with Crippen LogP contribution in [0.3, 0.4) is 0 Å². The molecule has 2 aromatic heterocycles. The predicted octanol–water partition coefficient (Wildman–Crippen LogP) is 0.505. The van der Waals surface area contributed by atoms with E-state index in [4.69, 9.17) is 0 Å². The van der Waals surface area contributed by atoms with E-state index in [0.717, 1.165) is 15.8 Å². The van der Waals surface area contributed by atoms with Gasteiger partial charge in [-0.1, -0.05) is 5.10 Å². The molecule has 4 nitrogen and oxygen atoms in total. The number of fused-ring (bicyclic) bond motifs is 1. The minimum Gasteiger partial charge on any atom is -0.711 e. The van der Waals surface area contributed by atoms with E-state index in [2.05, 4.69) is 10.2 Å². The third-order valence-corrected chi connectivity index (χ3v) is 1.68. The third-order valence-electron chi connectivity index (χ3n) is 1.68. The maximum absolute atomic E-state index is 11.0. The van der Waals surface area contributed by atoms with Crippen molar-refractivity contribution in [3.63, 3.8) is 0 Å². The van der Waals surface area contributed by atoms with Gasteiger partial charge in [0.1, 0.15) is 0 Å². The molecule has 0 amide bonds. The van der Waals surface area contributed by atoms with Gasteiger partial charge in [-0.3, -0.25) is 0 Å². The predicted molar refractivity (Wildman–Crippen MR) is 39.8 cm³/mol. The van der Waals surface area contributed by atoms with Gasteiger partial charge in [0.15, 0.2) is 0 Å². The van der Waals surface area contributed by atoms with Crippen molar-refractivity contribution in [2.45, 2.75) is 6.92 Å². The minimum absolute atomic E-state index is 0.519. The third kappa shape index (κ3) is 0.756. The highest BCUT2D eigenvalue weighted by atomic mass is 16.5. The van der Waals surface area contributed by atoms with Crippen LogP contribution in [0.2, 0.25) is 0 Å². The molecule has 0 aliphatic carbocycles. The number of aromatic nitrogens is 3. The summed E-state index contributed by atoms with van der Waals surface area (Å²) in [6.07, 6.45) is 1.44. The van der Waals surface area contributed by atoms with Crippen molar-refractivity contribution in [1.82, 2.24) is 10.2 Å². The fraction of sp³-hybridized carbons (Fsp3) is 0.143. The topological polar surface area (TPSA) is 55.6 Å². The Labute approximate surface area is 63.1 Å². The van der Waals surface area contributed by atoms with E-state index in [1.54, 1.807) is 6.07 Å². The highest BCUT2D eigenvalue weighted by Crippen LogP contribution is 2.08. The van der Waals surface area contributed by atoms with Gasteiger partial charge in [0.2, 0.25) is 0 Å². The van der Waals surface area contributed by atoms with Crippen molar-refractivity contribution >= 4 is 11.0 Å². The van der Waals surface area contributed by atoms with Gasteiger partial charge in [0.05, 0.1) is 17.3 Å². The first kappa shape index (κ1) is 6.15. The molecule has 0 atom stereocenters. The Hall–Kier alpha value is -1.58. The molecular weight excluding hydrogens is 142 g/mol. The highest BCUT2D eigenvalue weighted by molar-refractivity contribution is 5.74. The molecule has 0 aliphatic heterocycles. The van der Waals surface area contributed by atoms with E-state index in [1.807, 2.05) is 13.0 Å². The summed E-state index contributed by atoms with van der Waals surface area (Å²) in [5, 5.41) is 18.5. The lowest BCUT2D eigenvalue weighted by molar-refractivity contribution is -0.579. The highest BCUT2D eigenvalue weighted by Gasteiger charge is 2.06. The number of rotatable bonds is 0. The SMILES string of the molecule is Cc1n[nH]c2c1ccc[n+]2[O-]. The Morgan fingerprint density at radius 3 is 3.18 bits per heavy atom. The largest absolute Gasteiger partial charge is 0.711 e. The molecule has 11 heavy (non-hydrogen) atoms. The van der Waals surface area contributed by atoms with Crippen LogP contribution in [0.1, 0.15) is 5.69 Å². The van der Waals surface area contributed by atoms with Gasteiger partial charge < -0.3 is 5.21 Å². The van der Waals surface area contributed by atoms with E-state index in [1.165, 1.54) is 6.20 Å². The molecule has 2 heterocycles. The average molecular weight is 149 g/mol. The number of pyridine rings is 1. The Bertz CT molecular complexity index is 393. The molecule has 0 spiro atoms. The Morgan fingerprint density at radius 1 is 1.64 bits per heavy atom. The lowest BCUT2D eigenvalue weighted by Gasteiger charge is -1.98. The van der Waals surface area contributed by atoms with E-state index in [-0.39, 0.29) is 0 Å². The van der Waals surface area contributed by atoms with Crippen LogP contribution in [0.5, 0.6) is 0 Å². The molecule has 2 rings (SSSR count). The van der Waals surface area contributed by atoms with Gasteiger partial charge in [0.25, 0.3) is 0 Å². The number of hydrogen-bond acceptors (Lipinski definition) is 2. The Balaban J connectivity index is 2.94. The number of nitrogens with one attached hydrogen (secondary N) is 1. The van der Waals surface area contributed by atoms with Gasteiger partial charge in [-0.2, -0.15) is 0 Å². The normalized spacial score (nSPS) is 10.6. The first-order valence-electron chi connectivity index (χ1n) is 3.32. The second-order valence-electron chi connectivity index (χ2n) is 2.41. The monoisotopic (exact) mass is 149 g/mol. The molecule has 0 aromatic carbocycles. The summed E-state index contributed by atoms with van der Waals surface area (Å²) >= 11 is 0. The Kier molecular flexibility index (Phi) is 1.09. The zero-order valence-electron chi connectivity index (χ0n) is 6.03. The molecule has 0 saturated heterocycles. The van der Waals surface area contributed by atoms with Crippen LogP contribution in [-0.4, -0.2) is 10.2 Å². The molecule has 4 heteroatoms. The van der Waals surface area contributed by atoms with Gasteiger partial charge in [-0.15, -0.1) is 5.10 Å². The quantitative estimate of drug-likeness (QED) is 0.438. The minimum atomic E-state index is 0.519. The summed E-state index contributed by atoms with van der Waals surface area (Å²) in [7, 11) is 0. The van der Waals surface area contributed by atoms with Crippen LogP contribution in [0.4, 0.5) is 0 Å². The van der Waals surface area contributed by atoms with Crippen LogP contribution < -0.4 is 4.73 Å². The van der Waals surface area contributed by atoms with Crippen molar-refractivity contribution in [2.75, 3.05) is 0 Å². The average Bonchev–Trinajstić information content (AvgIpc) is 2.35. The zero-order valence-corrected chi connectivity index (χ0v) is 6.03. The lowest BCUT2D eigenvalue weighted by atomic mass is 10.3. The fourth-order valence-corrected chi connectivity index (χ4v) is 1.09. The van der Waals surface area contributed by atoms with Gasteiger partial charge >= 0.3 is 5.65 Å². The lowest BCUT2D eigenvalue weighted by Crippen LogP contribution is -2.25. The van der Waals surface area contributed by atoms with Crippen LogP contribution in [0.25, 0.3) is 11.0 Å². The second kappa shape index (κ2) is 1.95. The summed E-state index contributed by atoms with van der Waals surface area (Å²) in [5.74, 6) is 0. The van der Waals surface area contributed by atoms with Crippen LogP contribution in [0, 0.1) is 12.1 Å². The van der Waals surface area contributed by atoms with Crippen LogP contribution in [-0.2, 0) is 0 Å². The summed E-state index contributed by atoms with van der Waals surface area (Å²) in [5.41, 5.74) is 1.37. The summed E-state index contributed by atoms with van der Waals surface area (Å²) < 4.78 is 0.773. The van der Waals surface area contributed by atoms with Crippen LogP contribution in [0.15, 0.2) is 18.3 Å². The fourth-order valence-electron chi connectivity index (χ4n) is 1.09. The summed E-state index contributed by atoms with van der Waals surface area (Å²) in [6, 6.07) is 3.57. The van der Waals surface area contributed by atoms with E-state index < -0.39 is 0 Å². The van der Waals surface area contributed by atoms with Crippen molar-refractivity contribution in [2.24, 2.45) is 0 Å². The molecule has 2 aromatic rings. The molecule has 0 saturated carbocycles. The van der Waals surface area contributed by atoms with E-state index in [9.17, 15) is 5.21 Å². The number of aryl methyl sites for hydroxylation is 1. The van der Waals surface area contributed by atoms with E-state index >= 15 is 0 Å². The molecule has 0 aliphatic rings. The maximum Gasteiger partial charge on any atom is 0.312 e. The van der Waals surface area contributed by atoms with Gasteiger partial charge in [-0.05, 0) is 19.1 Å². The van der Waals surface area contributed by atoms with Gasteiger partial charge in [-0.25, -0.2) is 4.73 Å². The van der Waals surface area contributed by atoms with Crippen molar-refractivity contribution in [1.29, 1.82) is 0 Å². The molecule has 0 unspecified atom stereocenters. The zero-order chi connectivity index (χ0) is 7.84. The summed E-state index contributed by atoms with van der Waals surface area (Å²) in [6.45, 7) is 1.86. The van der Waals surface area contributed by atoms with Crippen molar-refractivity contribution < 1.29 is 4.73 Å². The molecular formula is C7H7N3O. The number of nitrogens with zero attached hydrogens (tertiary/aromatic N) is 2. The first-order chi connectivity index (χ1) is 5.29. The number of aromatic amines is 1. The second-order valence-corrected chi connectivity index (χ2v) is 2.41. The molecule has 0 fully saturated rings.